The predicted molar refractivity (Wildman–Crippen MR) is 116 cm³/mol. The van der Waals surface area contributed by atoms with Crippen LogP contribution in [0.1, 0.15) is 22.8 Å². The molecule has 4 rings (SSSR count). The van der Waals surface area contributed by atoms with Gasteiger partial charge in [-0.25, -0.2) is 0 Å². The lowest BCUT2D eigenvalue weighted by Crippen LogP contribution is -2.12. The maximum atomic E-state index is 11.8. The minimum Gasteiger partial charge on any atom is -0.496 e. The summed E-state index contributed by atoms with van der Waals surface area (Å²) in [4.78, 5) is 16.1. The Morgan fingerprint density at radius 2 is 2.00 bits per heavy atom. The van der Waals surface area contributed by atoms with Crippen LogP contribution in [0.2, 0.25) is 0 Å². The Hall–Kier alpha value is -4.00. The number of fused-ring (bicyclic) bond motifs is 2. The van der Waals surface area contributed by atoms with Gasteiger partial charge in [0.2, 0.25) is 0 Å². The molecule has 1 amide bonds. The fraction of sp³-hybridized carbons (Fsp3) is 0.130. The van der Waals surface area contributed by atoms with Crippen molar-refractivity contribution in [2.75, 3.05) is 13.7 Å². The van der Waals surface area contributed by atoms with Crippen LogP contribution in [0.5, 0.6) is 17.2 Å². The summed E-state index contributed by atoms with van der Waals surface area (Å²) in [6.45, 7) is 6.83. The van der Waals surface area contributed by atoms with Crippen molar-refractivity contribution in [3.63, 3.8) is 0 Å². The molecule has 0 saturated heterocycles. The van der Waals surface area contributed by atoms with E-state index in [9.17, 15) is 4.79 Å². The minimum absolute atomic E-state index is 0.260. The summed E-state index contributed by atoms with van der Waals surface area (Å²) in [7, 11) is 1.48. The normalized spacial score (nSPS) is 10.9. The van der Waals surface area contributed by atoms with Crippen LogP contribution < -0.4 is 20.5 Å². The summed E-state index contributed by atoms with van der Waals surface area (Å²) in [6, 6.07) is 10.6. The number of primary amides is 1. The maximum Gasteiger partial charge on any atom is 0.252 e. The molecule has 2 heterocycles. The van der Waals surface area contributed by atoms with Crippen LogP contribution >= 0.6 is 0 Å². The van der Waals surface area contributed by atoms with Crippen LogP contribution in [0, 0.1) is 0 Å². The van der Waals surface area contributed by atoms with Crippen molar-refractivity contribution in [1.29, 1.82) is 0 Å². The lowest BCUT2D eigenvalue weighted by atomic mass is 10.1. The third kappa shape index (κ3) is 3.41. The zero-order valence-electron chi connectivity index (χ0n) is 16.7. The van der Waals surface area contributed by atoms with Gasteiger partial charge in [0.1, 0.15) is 29.1 Å². The molecule has 0 bridgehead atoms. The predicted octanol–water partition coefficient (Wildman–Crippen LogP) is 4.46. The van der Waals surface area contributed by atoms with E-state index in [-0.39, 0.29) is 5.56 Å². The molecule has 0 aliphatic heterocycles. The highest BCUT2D eigenvalue weighted by atomic mass is 16.5. The van der Waals surface area contributed by atoms with Gasteiger partial charge in [0.05, 0.1) is 18.2 Å². The van der Waals surface area contributed by atoms with Crippen LogP contribution in [0.3, 0.4) is 0 Å². The van der Waals surface area contributed by atoms with E-state index in [0.29, 0.717) is 33.7 Å². The van der Waals surface area contributed by atoms with E-state index in [0.717, 1.165) is 23.2 Å². The van der Waals surface area contributed by atoms with Gasteiger partial charge < -0.3 is 24.9 Å². The van der Waals surface area contributed by atoms with Crippen LogP contribution in [-0.4, -0.2) is 24.5 Å². The number of nitrogens with one attached hydrogen (secondary N) is 1. The molecule has 0 radical (unpaired) electrons. The fourth-order valence-electron chi connectivity index (χ4n) is 3.34. The molecule has 4 aromatic rings. The van der Waals surface area contributed by atoms with E-state index in [4.69, 9.17) is 19.6 Å². The number of carbonyl (C=O) groups is 1. The number of carbonyl (C=O) groups excluding carboxylic acids is 1. The molecule has 30 heavy (non-hydrogen) atoms. The standard InChI is InChI=1S/C23H21N3O4/c1-4-25-13(2)18-12-29-22-9-14(5-6-15(18)22)30-20-7-8-26-19-11-21(28-3)17(23(24)27)10-16(19)20/h5-12,25H,2,4H2,1,3H3,(H2,24,27). The number of amides is 1. The molecule has 0 atom stereocenters. The van der Waals surface area contributed by atoms with Gasteiger partial charge in [-0.2, -0.15) is 0 Å². The van der Waals surface area contributed by atoms with Crippen molar-refractivity contribution in [2.45, 2.75) is 6.92 Å². The molecule has 0 unspecified atom stereocenters. The molecule has 2 aromatic carbocycles. The summed E-state index contributed by atoms with van der Waals surface area (Å²) in [5.74, 6) is 0.897. The zero-order chi connectivity index (χ0) is 21.3. The molecule has 7 heteroatoms. The van der Waals surface area contributed by atoms with Crippen molar-refractivity contribution in [2.24, 2.45) is 5.73 Å². The number of nitrogens with two attached hydrogens (primary N) is 1. The number of benzene rings is 2. The Bertz CT molecular complexity index is 1280. The van der Waals surface area contributed by atoms with E-state index in [1.54, 1.807) is 30.7 Å². The van der Waals surface area contributed by atoms with Crippen LogP contribution in [0.4, 0.5) is 0 Å². The highest BCUT2D eigenvalue weighted by Gasteiger charge is 2.15. The van der Waals surface area contributed by atoms with Crippen molar-refractivity contribution < 1.29 is 18.7 Å². The van der Waals surface area contributed by atoms with Gasteiger partial charge in [-0.3, -0.25) is 9.78 Å². The molecule has 0 aliphatic rings. The molecule has 2 aromatic heterocycles. The van der Waals surface area contributed by atoms with Crippen molar-refractivity contribution >= 4 is 33.5 Å². The largest absolute Gasteiger partial charge is 0.496 e. The van der Waals surface area contributed by atoms with E-state index in [1.165, 1.54) is 7.11 Å². The number of hydrogen-bond acceptors (Lipinski definition) is 6. The first-order chi connectivity index (χ1) is 14.5. The third-order valence-corrected chi connectivity index (χ3v) is 4.78. The van der Waals surface area contributed by atoms with Crippen LogP contribution in [-0.2, 0) is 0 Å². The summed E-state index contributed by atoms with van der Waals surface area (Å²) >= 11 is 0. The van der Waals surface area contributed by atoms with Crippen LogP contribution in [0.25, 0.3) is 27.6 Å². The first kappa shape index (κ1) is 19.3. The fourth-order valence-corrected chi connectivity index (χ4v) is 3.34. The van der Waals surface area contributed by atoms with E-state index >= 15 is 0 Å². The smallest absolute Gasteiger partial charge is 0.252 e. The SMILES string of the molecule is C=C(NCC)c1coc2cc(Oc3ccnc4cc(OC)c(C(N)=O)cc34)ccc12. The lowest BCUT2D eigenvalue weighted by molar-refractivity contribution is 0.0997. The number of hydrogen-bond donors (Lipinski definition) is 2. The van der Waals surface area contributed by atoms with E-state index < -0.39 is 5.91 Å². The monoisotopic (exact) mass is 403 g/mol. The molecular weight excluding hydrogens is 382 g/mol. The van der Waals surface area contributed by atoms with Gasteiger partial charge in [-0.15, -0.1) is 0 Å². The Morgan fingerprint density at radius 3 is 2.73 bits per heavy atom. The van der Waals surface area contributed by atoms with Gasteiger partial charge in [0.15, 0.2) is 0 Å². The lowest BCUT2D eigenvalue weighted by Gasteiger charge is -2.12. The molecule has 7 nitrogen and oxygen atoms in total. The maximum absolute atomic E-state index is 11.8. The van der Waals surface area contributed by atoms with Gasteiger partial charge in [0.25, 0.3) is 5.91 Å². The first-order valence-corrected chi connectivity index (χ1v) is 9.40. The molecule has 0 spiro atoms. The van der Waals surface area contributed by atoms with Crippen molar-refractivity contribution in [3.8, 4) is 17.2 Å². The van der Waals surface area contributed by atoms with Crippen molar-refractivity contribution in [1.82, 2.24) is 10.3 Å². The van der Waals surface area contributed by atoms with Gasteiger partial charge in [0, 0.05) is 46.9 Å². The van der Waals surface area contributed by atoms with Crippen molar-refractivity contribution in [3.05, 3.63) is 66.6 Å². The summed E-state index contributed by atoms with van der Waals surface area (Å²) < 4.78 is 17.0. The number of furan rings is 1. The molecule has 152 valence electrons. The Labute approximate surface area is 173 Å². The van der Waals surface area contributed by atoms with Crippen LogP contribution in [0.15, 0.2) is 59.9 Å². The Kier molecular flexibility index (Phi) is 5.02. The first-order valence-electron chi connectivity index (χ1n) is 9.40. The molecule has 0 saturated carbocycles. The van der Waals surface area contributed by atoms with E-state index in [2.05, 4.69) is 16.9 Å². The van der Waals surface area contributed by atoms with E-state index in [1.807, 2.05) is 25.1 Å². The average molecular weight is 403 g/mol. The highest BCUT2D eigenvalue weighted by molar-refractivity contribution is 6.01. The number of rotatable bonds is 7. The summed E-state index contributed by atoms with van der Waals surface area (Å²) in [5, 5.41) is 4.78. The second kappa shape index (κ2) is 7.79. The topological polar surface area (TPSA) is 99.6 Å². The summed E-state index contributed by atoms with van der Waals surface area (Å²) in [6.07, 6.45) is 3.30. The number of pyridine rings is 1. The van der Waals surface area contributed by atoms with Gasteiger partial charge in [-0.05, 0) is 31.2 Å². The number of nitrogens with zero attached hydrogens (tertiary/aromatic N) is 1. The van der Waals surface area contributed by atoms with Gasteiger partial charge in [-0.1, -0.05) is 6.58 Å². The minimum atomic E-state index is -0.589. The average Bonchev–Trinajstić information content (AvgIpc) is 3.16. The van der Waals surface area contributed by atoms with Gasteiger partial charge >= 0.3 is 0 Å². The second-order valence-corrected chi connectivity index (χ2v) is 6.66. The number of ether oxygens (including phenoxy) is 2. The number of aromatic nitrogens is 1. The number of methoxy groups -OCH3 is 1. The highest BCUT2D eigenvalue weighted by Crippen LogP contribution is 2.35. The molecule has 3 N–H and O–H groups in total. The molecule has 0 fully saturated rings. The Balaban J connectivity index is 1.73. The third-order valence-electron chi connectivity index (χ3n) is 4.78. The molecular formula is C23H21N3O4. The second-order valence-electron chi connectivity index (χ2n) is 6.66. The Morgan fingerprint density at radius 1 is 1.17 bits per heavy atom. The quantitative estimate of drug-likeness (QED) is 0.473. The summed E-state index contributed by atoms with van der Waals surface area (Å²) in [5.41, 5.74) is 8.76. The zero-order valence-corrected chi connectivity index (χ0v) is 16.7. The molecule has 0 aliphatic carbocycles.